The van der Waals surface area contributed by atoms with Gasteiger partial charge in [0.15, 0.2) is 0 Å². The molecule has 6 nitrogen and oxygen atoms in total. The molecule has 0 aliphatic carbocycles. The number of methoxy groups -OCH3 is 2. The summed E-state index contributed by atoms with van der Waals surface area (Å²) < 4.78 is 36.8. The number of hydrogen-bond acceptors (Lipinski definition) is 5. The summed E-state index contributed by atoms with van der Waals surface area (Å²) in [4.78, 5) is 0.256. The van der Waals surface area contributed by atoms with E-state index in [-0.39, 0.29) is 22.5 Å². The minimum absolute atomic E-state index is 0.107. The Labute approximate surface area is 124 Å². The lowest BCUT2D eigenvalue weighted by Crippen LogP contribution is -2.35. The molecule has 0 saturated carbocycles. The molecule has 0 heterocycles. The van der Waals surface area contributed by atoms with Crippen LogP contribution in [0.4, 0.5) is 0 Å². The lowest BCUT2D eigenvalue weighted by molar-refractivity contribution is 0.0320. The standard InChI is InChI=1S/C12H18N2O4S2/c1-17-8-10(18-2)7-14-20(15,16)11-5-3-4-9(6-11)12(13)19/h3-6,10,14H,7-8H2,1-2H3,(H2,13,19). The van der Waals surface area contributed by atoms with Crippen molar-refractivity contribution < 1.29 is 17.9 Å². The van der Waals surface area contributed by atoms with E-state index in [9.17, 15) is 8.42 Å². The van der Waals surface area contributed by atoms with Gasteiger partial charge in [0.2, 0.25) is 10.0 Å². The summed E-state index contributed by atoms with van der Waals surface area (Å²) in [7, 11) is -0.629. The number of nitrogens with one attached hydrogen (secondary N) is 1. The first-order valence-electron chi connectivity index (χ1n) is 5.82. The first-order chi connectivity index (χ1) is 9.40. The number of sulfonamides is 1. The van der Waals surface area contributed by atoms with Crippen molar-refractivity contribution in [1.82, 2.24) is 4.72 Å². The maximum Gasteiger partial charge on any atom is 0.240 e. The number of thiocarbonyl (C=S) groups is 1. The highest BCUT2D eigenvalue weighted by molar-refractivity contribution is 7.89. The van der Waals surface area contributed by atoms with E-state index >= 15 is 0 Å². The zero-order valence-corrected chi connectivity index (χ0v) is 13.0. The second kappa shape index (κ2) is 7.65. The Morgan fingerprint density at radius 1 is 1.45 bits per heavy atom. The van der Waals surface area contributed by atoms with Gasteiger partial charge in [0.05, 0.1) is 17.6 Å². The lowest BCUT2D eigenvalue weighted by atomic mass is 10.2. The second-order valence-electron chi connectivity index (χ2n) is 4.06. The SMILES string of the molecule is COCC(CNS(=O)(=O)c1cccc(C(N)=S)c1)OC. The van der Waals surface area contributed by atoms with Crippen LogP contribution >= 0.6 is 12.2 Å². The van der Waals surface area contributed by atoms with Crippen LogP contribution in [0.15, 0.2) is 29.2 Å². The normalized spacial score (nSPS) is 13.1. The molecule has 1 rings (SSSR count). The summed E-state index contributed by atoms with van der Waals surface area (Å²) in [5.41, 5.74) is 5.99. The van der Waals surface area contributed by atoms with Crippen molar-refractivity contribution in [2.24, 2.45) is 5.73 Å². The van der Waals surface area contributed by atoms with E-state index in [1.54, 1.807) is 12.1 Å². The smallest absolute Gasteiger partial charge is 0.240 e. The third-order valence-electron chi connectivity index (χ3n) is 2.62. The summed E-state index contributed by atoms with van der Waals surface area (Å²) >= 11 is 4.83. The average Bonchev–Trinajstić information content (AvgIpc) is 2.43. The van der Waals surface area contributed by atoms with E-state index in [0.717, 1.165) is 0 Å². The number of rotatable bonds is 8. The predicted molar refractivity (Wildman–Crippen MR) is 80.2 cm³/mol. The fraction of sp³-hybridized carbons (Fsp3) is 0.417. The minimum Gasteiger partial charge on any atom is -0.389 e. The molecule has 0 fully saturated rings. The van der Waals surface area contributed by atoms with Crippen LogP contribution in [0.5, 0.6) is 0 Å². The van der Waals surface area contributed by atoms with Crippen LogP contribution in [0.1, 0.15) is 5.56 Å². The quantitative estimate of drug-likeness (QED) is 0.668. The van der Waals surface area contributed by atoms with Crippen molar-refractivity contribution in [3.63, 3.8) is 0 Å². The van der Waals surface area contributed by atoms with E-state index in [4.69, 9.17) is 27.4 Å². The Bertz CT molecular complexity index is 560. The third-order valence-corrected chi connectivity index (χ3v) is 4.27. The Morgan fingerprint density at radius 3 is 2.70 bits per heavy atom. The topological polar surface area (TPSA) is 90.7 Å². The molecular weight excluding hydrogens is 300 g/mol. The molecule has 8 heteroatoms. The van der Waals surface area contributed by atoms with Crippen molar-refractivity contribution in [3.05, 3.63) is 29.8 Å². The fourth-order valence-corrected chi connectivity index (χ4v) is 2.74. The number of ether oxygens (including phenoxy) is 2. The van der Waals surface area contributed by atoms with Crippen molar-refractivity contribution in [3.8, 4) is 0 Å². The molecule has 112 valence electrons. The highest BCUT2D eigenvalue weighted by Crippen LogP contribution is 2.11. The summed E-state index contributed by atoms with van der Waals surface area (Å²) in [5, 5.41) is 0. The van der Waals surface area contributed by atoms with Gasteiger partial charge in [0.1, 0.15) is 4.99 Å². The van der Waals surface area contributed by atoms with Crippen molar-refractivity contribution in [1.29, 1.82) is 0 Å². The zero-order chi connectivity index (χ0) is 15.2. The Morgan fingerprint density at radius 2 is 2.15 bits per heavy atom. The van der Waals surface area contributed by atoms with Crippen LogP contribution in [0.3, 0.4) is 0 Å². The van der Waals surface area contributed by atoms with Crippen LogP contribution < -0.4 is 10.5 Å². The van der Waals surface area contributed by atoms with E-state index < -0.39 is 10.0 Å². The van der Waals surface area contributed by atoms with Gasteiger partial charge in [-0.2, -0.15) is 0 Å². The van der Waals surface area contributed by atoms with Crippen LogP contribution in [-0.4, -0.2) is 46.9 Å². The van der Waals surface area contributed by atoms with Gasteiger partial charge in [-0.25, -0.2) is 13.1 Å². The molecule has 1 unspecified atom stereocenters. The van der Waals surface area contributed by atoms with Crippen LogP contribution in [0, 0.1) is 0 Å². The highest BCUT2D eigenvalue weighted by atomic mass is 32.2. The van der Waals surface area contributed by atoms with Gasteiger partial charge in [-0.1, -0.05) is 24.4 Å². The summed E-state index contributed by atoms with van der Waals surface area (Å²) in [6, 6.07) is 6.15. The van der Waals surface area contributed by atoms with E-state index in [1.807, 2.05) is 0 Å². The Hall–Kier alpha value is -1.06. The molecule has 0 aromatic heterocycles. The largest absolute Gasteiger partial charge is 0.389 e. The molecule has 0 saturated heterocycles. The first kappa shape index (κ1) is 17.0. The first-order valence-corrected chi connectivity index (χ1v) is 7.71. The third kappa shape index (κ3) is 4.80. The molecule has 0 aliphatic heterocycles. The van der Waals surface area contributed by atoms with Crippen molar-refractivity contribution in [2.75, 3.05) is 27.4 Å². The molecule has 3 N–H and O–H groups in total. The van der Waals surface area contributed by atoms with Crippen molar-refractivity contribution >= 4 is 27.2 Å². The van der Waals surface area contributed by atoms with Crippen LogP contribution in [0.25, 0.3) is 0 Å². The molecule has 0 aliphatic rings. The van der Waals surface area contributed by atoms with E-state index in [2.05, 4.69) is 4.72 Å². The molecular formula is C12H18N2O4S2. The van der Waals surface area contributed by atoms with Crippen molar-refractivity contribution in [2.45, 2.75) is 11.0 Å². The van der Waals surface area contributed by atoms with E-state index in [0.29, 0.717) is 12.2 Å². The fourth-order valence-electron chi connectivity index (χ4n) is 1.50. The molecule has 1 aromatic carbocycles. The number of benzene rings is 1. The molecule has 0 radical (unpaired) electrons. The maximum atomic E-state index is 12.1. The van der Waals surface area contributed by atoms with Gasteiger partial charge >= 0.3 is 0 Å². The summed E-state index contributed by atoms with van der Waals surface area (Å²) in [6.45, 7) is 0.413. The average molecular weight is 318 g/mol. The van der Waals surface area contributed by atoms with E-state index in [1.165, 1.54) is 26.4 Å². The molecule has 1 atom stereocenters. The van der Waals surface area contributed by atoms with Crippen LogP contribution in [0.2, 0.25) is 0 Å². The Kier molecular flexibility index (Phi) is 6.50. The van der Waals surface area contributed by atoms with Gasteiger partial charge in [0.25, 0.3) is 0 Å². The van der Waals surface area contributed by atoms with Gasteiger partial charge < -0.3 is 15.2 Å². The van der Waals surface area contributed by atoms with Gasteiger partial charge in [0, 0.05) is 26.3 Å². The highest BCUT2D eigenvalue weighted by Gasteiger charge is 2.17. The van der Waals surface area contributed by atoms with Gasteiger partial charge in [-0.15, -0.1) is 0 Å². The number of hydrogen-bond donors (Lipinski definition) is 2. The zero-order valence-electron chi connectivity index (χ0n) is 11.3. The van der Waals surface area contributed by atoms with Crippen LogP contribution in [-0.2, 0) is 19.5 Å². The minimum atomic E-state index is -3.64. The predicted octanol–water partition coefficient (Wildman–Crippen LogP) is 0.261. The lowest BCUT2D eigenvalue weighted by Gasteiger charge is -2.15. The molecule has 0 amide bonds. The Balaban J connectivity index is 2.83. The van der Waals surface area contributed by atoms with Gasteiger partial charge in [-0.3, -0.25) is 0 Å². The maximum absolute atomic E-state index is 12.1. The summed E-state index contributed by atoms with van der Waals surface area (Å²) in [6.07, 6.45) is -0.353. The molecule has 0 bridgehead atoms. The van der Waals surface area contributed by atoms with Gasteiger partial charge in [-0.05, 0) is 12.1 Å². The second-order valence-corrected chi connectivity index (χ2v) is 6.26. The molecule has 20 heavy (non-hydrogen) atoms. The summed E-state index contributed by atoms with van der Waals surface area (Å²) in [5.74, 6) is 0. The monoisotopic (exact) mass is 318 g/mol. The molecule has 0 spiro atoms. The molecule has 1 aromatic rings. The number of nitrogens with two attached hydrogens (primary N) is 1.